The van der Waals surface area contributed by atoms with Crippen molar-refractivity contribution in [1.82, 2.24) is 4.90 Å². The Labute approximate surface area is 162 Å². The van der Waals surface area contributed by atoms with E-state index in [0.717, 1.165) is 49.3 Å². The Bertz CT molecular complexity index is 783. The number of piperazine rings is 1. The van der Waals surface area contributed by atoms with Gasteiger partial charge in [-0.2, -0.15) is 0 Å². The summed E-state index contributed by atoms with van der Waals surface area (Å²) in [5, 5.41) is 2.33. The number of nitrogens with one attached hydrogen (secondary N) is 1. The molecule has 0 aromatic heterocycles. The van der Waals surface area contributed by atoms with Gasteiger partial charge in [-0.15, -0.1) is 0 Å². The monoisotopic (exact) mass is 367 g/mol. The summed E-state index contributed by atoms with van der Waals surface area (Å²) < 4.78 is 5.79. The molecule has 4 rings (SSSR count). The molecule has 1 heterocycles. The Kier molecular flexibility index (Phi) is 5.63. The molecular weight excluding hydrogens is 336 g/mol. The lowest BCUT2D eigenvalue weighted by atomic mass is 9.86. The fourth-order valence-corrected chi connectivity index (χ4v) is 4.75. The number of rotatable bonds is 4. The SMILES string of the molecule is C[C@@H]1CCC[C@@H]([NH+]2CCN(C(=O)COc3ccc4ccccc4c3)CC2)C1. The first-order valence-electron chi connectivity index (χ1n) is 10.4. The largest absolute Gasteiger partial charge is 0.484 e. The standard InChI is InChI=1S/C23H30N2O2/c1-18-5-4-8-21(15-18)24-11-13-25(14-12-24)23(26)17-27-22-10-9-19-6-2-3-7-20(19)16-22/h2-3,6-7,9-10,16,18,21H,4-5,8,11-15,17H2,1H3/p+1/t18-,21-/m1/s1. The van der Waals surface area contributed by atoms with E-state index in [1.807, 2.05) is 35.2 Å². The van der Waals surface area contributed by atoms with Gasteiger partial charge in [-0.3, -0.25) is 4.79 Å². The van der Waals surface area contributed by atoms with Gasteiger partial charge in [0.2, 0.25) is 0 Å². The number of amides is 1. The van der Waals surface area contributed by atoms with Crippen molar-refractivity contribution >= 4 is 16.7 Å². The molecule has 0 spiro atoms. The Morgan fingerprint density at radius 2 is 1.89 bits per heavy atom. The summed E-state index contributed by atoms with van der Waals surface area (Å²) in [7, 11) is 0. The molecule has 2 atom stereocenters. The molecule has 2 aromatic carbocycles. The van der Waals surface area contributed by atoms with E-state index >= 15 is 0 Å². The Balaban J connectivity index is 1.26. The predicted octanol–water partition coefficient (Wildman–Crippen LogP) is 2.52. The highest BCUT2D eigenvalue weighted by molar-refractivity contribution is 5.84. The van der Waals surface area contributed by atoms with E-state index in [9.17, 15) is 4.79 Å². The second-order valence-electron chi connectivity index (χ2n) is 8.31. The Morgan fingerprint density at radius 1 is 1.11 bits per heavy atom. The molecule has 144 valence electrons. The fourth-order valence-electron chi connectivity index (χ4n) is 4.75. The molecule has 0 unspecified atom stereocenters. The van der Waals surface area contributed by atoms with Crippen molar-refractivity contribution in [3.05, 3.63) is 42.5 Å². The molecule has 0 bridgehead atoms. The molecule has 27 heavy (non-hydrogen) atoms. The van der Waals surface area contributed by atoms with E-state index in [4.69, 9.17) is 4.74 Å². The van der Waals surface area contributed by atoms with Crippen LogP contribution in [0.5, 0.6) is 5.75 Å². The van der Waals surface area contributed by atoms with Crippen LogP contribution in [-0.2, 0) is 4.79 Å². The molecule has 2 aliphatic rings. The van der Waals surface area contributed by atoms with Crippen LogP contribution >= 0.6 is 0 Å². The third-order valence-electron chi connectivity index (χ3n) is 6.36. The van der Waals surface area contributed by atoms with Crippen molar-refractivity contribution < 1.29 is 14.4 Å². The van der Waals surface area contributed by atoms with Gasteiger partial charge in [-0.05, 0) is 41.7 Å². The van der Waals surface area contributed by atoms with Crippen LogP contribution in [0.15, 0.2) is 42.5 Å². The number of hydrogen-bond acceptors (Lipinski definition) is 2. The topological polar surface area (TPSA) is 34.0 Å². The molecule has 1 amide bonds. The first-order valence-corrected chi connectivity index (χ1v) is 10.4. The highest BCUT2D eigenvalue weighted by atomic mass is 16.5. The van der Waals surface area contributed by atoms with Gasteiger partial charge in [-0.1, -0.05) is 43.7 Å². The Hall–Kier alpha value is -2.07. The van der Waals surface area contributed by atoms with Crippen LogP contribution in [0.1, 0.15) is 32.6 Å². The molecule has 1 N–H and O–H groups in total. The molecule has 1 saturated carbocycles. The number of benzene rings is 2. The van der Waals surface area contributed by atoms with Crippen molar-refractivity contribution in [2.75, 3.05) is 32.8 Å². The van der Waals surface area contributed by atoms with Crippen molar-refractivity contribution in [3.63, 3.8) is 0 Å². The predicted molar refractivity (Wildman–Crippen MR) is 108 cm³/mol. The lowest BCUT2D eigenvalue weighted by Gasteiger charge is -2.39. The summed E-state index contributed by atoms with van der Waals surface area (Å²) in [4.78, 5) is 16.3. The van der Waals surface area contributed by atoms with Crippen LogP contribution in [0.3, 0.4) is 0 Å². The van der Waals surface area contributed by atoms with E-state index in [0.29, 0.717) is 0 Å². The number of nitrogens with zero attached hydrogens (tertiary/aromatic N) is 1. The van der Waals surface area contributed by atoms with Crippen LogP contribution in [-0.4, -0.2) is 49.6 Å². The zero-order valence-corrected chi connectivity index (χ0v) is 16.3. The summed E-state index contributed by atoms with van der Waals surface area (Å²) in [6.45, 7) is 6.40. The van der Waals surface area contributed by atoms with Gasteiger partial charge < -0.3 is 14.5 Å². The van der Waals surface area contributed by atoms with Gasteiger partial charge in [0, 0.05) is 6.42 Å². The fraction of sp³-hybridized carbons (Fsp3) is 0.522. The van der Waals surface area contributed by atoms with Gasteiger partial charge in [0.25, 0.3) is 5.91 Å². The highest BCUT2D eigenvalue weighted by Crippen LogP contribution is 2.22. The second kappa shape index (κ2) is 8.30. The maximum absolute atomic E-state index is 12.6. The molecular formula is C23H31N2O2+. The summed E-state index contributed by atoms with van der Waals surface area (Å²) in [5.74, 6) is 1.74. The highest BCUT2D eigenvalue weighted by Gasteiger charge is 2.32. The van der Waals surface area contributed by atoms with E-state index in [-0.39, 0.29) is 12.5 Å². The van der Waals surface area contributed by atoms with E-state index in [1.54, 1.807) is 4.90 Å². The first kappa shape index (κ1) is 18.3. The maximum atomic E-state index is 12.6. The average molecular weight is 368 g/mol. The van der Waals surface area contributed by atoms with Crippen LogP contribution in [0.25, 0.3) is 10.8 Å². The minimum atomic E-state index is 0.110. The van der Waals surface area contributed by atoms with Gasteiger partial charge in [0.05, 0.1) is 32.2 Å². The minimum absolute atomic E-state index is 0.110. The molecule has 4 heteroatoms. The molecule has 2 aromatic rings. The lowest BCUT2D eigenvalue weighted by molar-refractivity contribution is -0.930. The molecule has 0 radical (unpaired) electrons. The van der Waals surface area contributed by atoms with Gasteiger partial charge in [0.15, 0.2) is 6.61 Å². The van der Waals surface area contributed by atoms with Crippen molar-refractivity contribution in [2.45, 2.75) is 38.6 Å². The third-order valence-corrected chi connectivity index (χ3v) is 6.36. The van der Waals surface area contributed by atoms with E-state index in [1.165, 1.54) is 31.1 Å². The number of hydrogen-bond donors (Lipinski definition) is 1. The summed E-state index contributed by atoms with van der Waals surface area (Å²) in [5.41, 5.74) is 0. The lowest BCUT2D eigenvalue weighted by Crippen LogP contribution is -3.18. The van der Waals surface area contributed by atoms with E-state index < -0.39 is 0 Å². The van der Waals surface area contributed by atoms with Crippen LogP contribution in [0.4, 0.5) is 0 Å². The van der Waals surface area contributed by atoms with Crippen LogP contribution < -0.4 is 9.64 Å². The number of carbonyl (C=O) groups is 1. The van der Waals surface area contributed by atoms with E-state index in [2.05, 4.69) is 19.1 Å². The number of quaternary nitrogens is 1. The average Bonchev–Trinajstić information content (AvgIpc) is 2.72. The zero-order chi connectivity index (χ0) is 18.6. The molecule has 1 saturated heterocycles. The second-order valence-corrected chi connectivity index (χ2v) is 8.31. The van der Waals surface area contributed by atoms with Crippen molar-refractivity contribution in [1.29, 1.82) is 0 Å². The summed E-state index contributed by atoms with van der Waals surface area (Å²) >= 11 is 0. The Morgan fingerprint density at radius 3 is 2.67 bits per heavy atom. The molecule has 4 nitrogen and oxygen atoms in total. The summed E-state index contributed by atoms with van der Waals surface area (Å²) in [6.07, 6.45) is 5.48. The van der Waals surface area contributed by atoms with Crippen molar-refractivity contribution in [3.8, 4) is 5.75 Å². The van der Waals surface area contributed by atoms with Gasteiger partial charge in [-0.25, -0.2) is 0 Å². The maximum Gasteiger partial charge on any atom is 0.260 e. The van der Waals surface area contributed by atoms with Crippen LogP contribution in [0, 0.1) is 5.92 Å². The van der Waals surface area contributed by atoms with Crippen LogP contribution in [0.2, 0.25) is 0 Å². The third kappa shape index (κ3) is 4.44. The number of carbonyl (C=O) groups excluding carboxylic acids is 1. The molecule has 2 fully saturated rings. The van der Waals surface area contributed by atoms with Crippen molar-refractivity contribution in [2.24, 2.45) is 5.92 Å². The minimum Gasteiger partial charge on any atom is -0.484 e. The zero-order valence-electron chi connectivity index (χ0n) is 16.3. The molecule has 1 aliphatic heterocycles. The first-order chi connectivity index (χ1) is 13.2. The van der Waals surface area contributed by atoms with Gasteiger partial charge >= 0.3 is 0 Å². The normalized spacial score (nSPS) is 24.1. The summed E-state index contributed by atoms with van der Waals surface area (Å²) in [6, 6.07) is 15.0. The number of ether oxygens (including phenoxy) is 1. The number of fused-ring (bicyclic) bond motifs is 1. The quantitative estimate of drug-likeness (QED) is 0.901. The molecule has 1 aliphatic carbocycles. The smallest absolute Gasteiger partial charge is 0.260 e. The van der Waals surface area contributed by atoms with Gasteiger partial charge in [0.1, 0.15) is 5.75 Å².